The molecule has 0 bridgehead atoms. The summed E-state index contributed by atoms with van der Waals surface area (Å²) < 4.78 is 26.0. The SMILES string of the molecule is COc1ccc(OC)c(C2c3c(c4ccccc4oc3=O)Oc3ncn4nc(-c5ccc(Br)cc5)nc4c32)c1. The Hall–Kier alpha value is -4.70. The molecule has 1 atom stereocenters. The zero-order valence-electron chi connectivity index (χ0n) is 20.7. The second-order valence-corrected chi connectivity index (χ2v) is 9.86. The van der Waals surface area contributed by atoms with Gasteiger partial charge in [0.05, 0.1) is 36.7 Å². The predicted molar refractivity (Wildman–Crippen MR) is 147 cm³/mol. The van der Waals surface area contributed by atoms with E-state index >= 15 is 0 Å². The van der Waals surface area contributed by atoms with Gasteiger partial charge in [-0.1, -0.05) is 40.2 Å². The highest BCUT2D eigenvalue weighted by molar-refractivity contribution is 9.10. The van der Waals surface area contributed by atoms with Gasteiger partial charge in [-0.2, -0.15) is 0 Å². The number of aromatic nitrogens is 4. The number of rotatable bonds is 4. The minimum absolute atomic E-state index is 0.315. The van der Waals surface area contributed by atoms with Gasteiger partial charge >= 0.3 is 5.63 Å². The molecular formula is C29H19BrN4O5. The molecule has 39 heavy (non-hydrogen) atoms. The summed E-state index contributed by atoms with van der Waals surface area (Å²) in [6.45, 7) is 0. The molecule has 9 nitrogen and oxygen atoms in total. The number of ether oxygens (including phenoxy) is 3. The summed E-state index contributed by atoms with van der Waals surface area (Å²) in [5, 5.41) is 5.32. The number of hydrogen-bond donors (Lipinski definition) is 0. The van der Waals surface area contributed by atoms with E-state index in [-0.39, 0.29) is 0 Å². The largest absolute Gasteiger partial charge is 0.497 e. The van der Waals surface area contributed by atoms with Crippen LogP contribution in [-0.2, 0) is 0 Å². The standard InChI is InChI=1S/C29H19BrN4O5/c1-36-17-11-12-20(37-2)19(13-17)22-23-25(18-5-3-4-6-21(18)38-29(23)35)39-28-24(22)27-32-26(33-34(27)14-31-28)15-7-9-16(30)10-8-15/h3-14,22H,1-2H3. The van der Waals surface area contributed by atoms with Crippen molar-refractivity contribution in [2.45, 2.75) is 5.92 Å². The average Bonchev–Trinajstić information content (AvgIpc) is 3.41. The highest BCUT2D eigenvalue weighted by Crippen LogP contribution is 2.51. The number of benzene rings is 3. The van der Waals surface area contributed by atoms with Crippen molar-refractivity contribution in [3.63, 3.8) is 0 Å². The Kier molecular flexibility index (Phi) is 5.38. The first-order chi connectivity index (χ1) is 19.1. The Morgan fingerprint density at radius 1 is 0.974 bits per heavy atom. The normalized spacial score (nSPS) is 14.1. The minimum atomic E-state index is -0.701. The molecule has 0 saturated heterocycles. The van der Waals surface area contributed by atoms with E-state index < -0.39 is 11.5 Å². The molecule has 0 N–H and O–H groups in total. The summed E-state index contributed by atoms with van der Waals surface area (Å²) in [5.41, 5.74) is 2.76. The maximum absolute atomic E-state index is 13.6. The van der Waals surface area contributed by atoms with Crippen molar-refractivity contribution in [2.75, 3.05) is 14.2 Å². The Morgan fingerprint density at radius 2 is 1.79 bits per heavy atom. The second kappa shape index (κ2) is 8.95. The summed E-state index contributed by atoms with van der Waals surface area (Å²) >= 11 is 3.47. The maximum atomic E-state index is 13.6. The van der Waals surface area contributed by atoms with Crippen LogP contribution in [0.4, 0.5) is 0 Å². The van der Waals surface area contributed by atoms with Crippen molar-refractivity contribution in [1.29, 1.82) is 0 Å². The van der Waals surface area contributed by atoms with E-state index in [0.29, 0.717) is 62.3 Å². The summed E-state index contributed by atoms with van der Waals surface area (Å²) in [7, 11) is 3.17. The molecule has 1 unspecified atom stereocenters. The molecule has 3 aromatic carbocycles. The first kappa shape index (κ1) is 23.4. The van der Waals surface area contributed by atoms with Gasteiger partial charge < -0.3 is 18.6 Å². The molecule has 3 aromatic heterocycles. The van der Waals surface area contributed by atoms with Crippen LogP contribution in [0, 0.1) is 0 Å². The minimum Gasteiger partial charge on any atom is -0.497 e. The van der Waals surface area contributed by atoms with Gasteiger partial charge in [0.1, 0.15) is 23.4 Å². The molecule has 0 radical (unpaired) electrons. The first-order valence-electron chi connectivity index (χ1n) is 12.0. The third-order valence-electron chi connectivity index (χ3n) is 6.81. The Morgan fingerprint density at radius 3 is 2.59 bits per heavy atom. The van der Waals surface area contributed by atoms with E-state index in [1.54, 1.807) is 49.3 Å². The van der Waals surface area contributed by atoms with Crippen LogP contribution in [-0.4, -0.2) is 33.8 Å². The van der Waals surface area contributed by atoms with Crippen molar-refractivity contribution in [3.8, 4) is 34.5 Å². The maximum Gasteiger partial charge on any atom is 0.344 e. The lowest BCUT2D eigenvalue weighted by atomic mass is 9.83. The highest BCUT2D eigenvalue weighted by Gasteiger charge is 2.39. The van der Waals surface area contributed by atoms with Crippen LogP contribution in [0.2, 0.25) is 0 Å². The second-order valence-electron chi connectivity index (χ2n) is 8.95. The summed E-state index contributed by atoms with van der Waals surface area (Å²) in [5.74, 6) is 1.66. The van der Waals surface area contributed by atoms with Crippen LogP contribution in [0.15, 0.2) is 86.7 Å². The van der Waals surface area contributed by atoms with E-state index in [4.69, 9.17) is 23.6 Å². The van der Waals surface area contributed by atoms with E-state index in [9.17, 15) is 4.79 Å². The fourth-order valence-corrected chi connectivity index (χ4v) is 5.29. The smallest absolute Gasteiger partial charge is 0.344 e. The van der Waals surface area contributed by atoms with Gasteiger partial charge in [-0.15, -0.1) is 5.10 Å². The monoisotopic (exact) mass is 582 g/mol. The van der Waals surface area contributed by atoms with Crippen LogP contribution in [0.3, 0.4) is 0 Å². The van der Waals surface area contributed by atoms with Crippen molar-refractivity contribution in [1.82, 2.24) is 19.6 Å². The quantitative estimate of drug-likeness (QED) is 0.234. The van der Waals surface area contributed by atoms with Crippen LogP contribution >= 0.6 is 15.9 Å². The Labute approximate surface area is 229 Å². The molecule has 0 aliphatic carbocycles. The number of methoxy groups -OCH3 is 2. The number of para-hydroxylation sites is 1. The summed E-state index contributed by atoms with van der Waals surface area (Å²) in [4.78, 5) is 23.1. The fourth-order valence-electron chi connectivity index (χ4n) is 5.03. The Balaban J connectivity index is 1.57. The molecule has 0 saturated carbocycles. The van der Waals surface area contributed by atoms with Gasteiger partial charge in [-0.3, -0.25) is 0 Å². The molecule has 7 rings (SSSR count). The third kappa shape index (κ3) is 3.67. The number of halogens is 1. The van der Waals surface area contributed by atoms with Gasteiger partial charge in [0.25, 0.3) is 0 Å². The van der Waals surface area contributed by atoms with E-state index in [1.807, 2.05) is 42.5 Å². The molecule has 6 aromatic rings. The van der Waals surface area contributed by atoms with Gasteiger partial charge in [0.15, 0.2) is 17.2 Å². The zero-order valence-corrected chi connectivity index (χ0v) is 22.3. The van der Waals surface area contributed by atoms with Gasteiger partial charge in [0, 0.05) is 15.6 Å². The molecule has 4 heterocycles. The van der Waals surface area contributed by atoms with Crippen LogP contribution in [0.5, 0.6) is 23.1 Å². The van der Waals surface area contributed by atoms with Gasteiger partial charge in [-0.05, 0) is 42.5 Å². The highest BCUT2D eigenvalue weighted by atomic mass is 79.9. The topological polar surface area (TPSA) is 101 Å². The van der Waals surface area contributed by atoms with E-state index in [2.05, 4.69) is 26.0 Å². The van der Waals surface area contributed by atoms with Crippen LogP contribution in [0.25, 0.3) is 28.0 Å². The number of fused-ring (bicyclic) bond motifs is 6. The van der Waals surface area contributed by atoms with Crippen molar-refractivity contribution >= 4 is 32.5 Å². The lowest BCUT2D eigenvalue weighted by molar-refractivity contribution is 0.392. The van der Waals surface area contributed by atoms with Crippen molar-refractivity contribution < 1.29 is 18.6 Å². The molecule has 0 spiro atoms. The fraction of sp³-hybridized carbons (Fsp3) is 0.103. The Bertz CT molecular complexity index is 1970. The molecule has 192 valence electrons. The predicted octanol–water partition coefficient (Wildman–Crippen LogP) is 5.96. The molecule has 0 fully saturated rings. The van der Waals surface area contributed by atoms with Crippen LogP contribution < -0.4 is 19.8 Å². The molecular weight excluding hydrogens is 564 g/mol. The molecule has 1 aliphatic heterocycles. The first-order valence-corrected chi connectivity index (χ1v) is 12.8. The van der Waals surface area contributed by atoms with E-state index in [0.717, 1.165) is 10.0 Å². The average molecular weight is 583 g/mol. The van der Waals surface area contributed by atoms with Gasteiger partial charge in [0.2, 0.25) is 5.88 Å². The van der Waals surface area contributed by atoms with Crippen molar-refractivity contribution in [3.05, 3.63) is 105 Å². The number of hydrogen-bond acceptors (Lipinski definition) is 8. The summed E-state index contributed by atoms with van der Waals surface area (Å²) in [6, 6.07) is 20.4. The van der Waals surface area contributed by atoms with Crippen LogP contribution in [0.1, 0.15) is 22.6 Å². The lowest BCUT2D eigenvalue weighted by Gasteiger charge is -2.28. The van der Waals surface area contributed by atoms with E-state index in [1.165, 1.54) is 0 Å². The third-order valence-corrected chi connectivity index (χ3v) is 7.34. The lowest BCUT2D eigenvalue weighted by Crippen LogP contribution is -2.22. The summed E-state index contributed by atoms with van der Waals surface area (Å²) in [6.07, 6.45) is 1.56. The number of nitrogens with zero attached hydrogens (tertiary/aromatic N) is 4. The molecule has 1 aliphatic rings. The van der Waals surface area contributed by atoms with Crippen molar-refractivity contribution in [2.24, 2.45) is 0 Å². The zero-order chi connectivity index (χ0) is 26.7. The molecule has 0 amide bonds. The van der Waals surface area contributed by atoms with Gasteiger partial charge in [-0.25, -0.2) is 19.3 Å². The molecule has 10 heteroatoms.